The van der Waals surface area contributed by atoms with Crippen molar-refractivity contribution >= 4 is 26.8 Å². The Morgan fingerprint density at radius 3 is 2.45 bits per heavy atom. The maximum absolute atomic E-state index is 12.2. The summed E-state index contributed by atoms with van der Waals surface area (Å²) in [6.07, 6.45) is 0. The van der Waals surface area contributed by atoms with Gasteiger partial charge in [0.15, 0.2) is 0 Å². The first kappa shape index (κ1) is 14.4. The highest BCUT2D eigenvalue weighted by molar-refractivity contribution is 7.89. The van der Waals surface area contributed by atoms with Crippen LogP contribution in [0.5, 0.6) is 0 Å². The van der Waals surface area contributed by atoms with Crippen LogP contribution in [0, 0.1) is 0 Å². The molecule has 6 nitrogen and oxygen atoms in total. The minimum atomic E-state index is -4.03. The second-order valence-corrected chi connectivity index (χ2v) is 5.85. The number of rotatable bonds is 5. The third-order valence-corrected chi connectivity index (χ3v) is 4.35. The van der Waals surface area contributed by atoms with Gasteiger partial charge >= 0.3 is 5.97 Å². The molecule has 1 atom stereocenters. The number of fused-ring (bicyclic) bond motifs is 1. The van der Waals surface area contributed by atoms with Gasteiger partial charge in [-0.3, -0.25) is 4.79 Å². The number of hydrogen-bond acceptors (Lipinski definition) is 4. The standard InChI is InChI=1S/C13H13NO5S/c15-8-11(13(16)17)14-20(18,19)12-7-3-5-9-4-1-2-6-10(9)12/h1-7,11,14-15H,8H2,(H,16,17)/t11-/m0/s1. The van der Waals surface area contributed by atoms with Crippen molar-refractivity contribution in [1.29, 1.82) is 0 Å². The summed E-state index contributed by atoms with van der Waals surface area (Å²) in [7, 11) is -4.03. The molecule has 0 saturated carbocycles. The van der Waals surface area contributed by atoms with E-state index in [4.69, 9.17) is 10.2 Å². The van der Waals surface area contributed by atoms with Crippen LogP contribution in [-0.2, 0) is 14.8 Å². The van der Waals surface area contributed by atoms with E-state index in [1.54, 1.807) is 36.4 Å². The lowest BCUT2D eigenvalue weighted by Crippen LogP contribution is -2.43. The van der Waals surface area contributed by atoms with E-state index in [1.807, 2.05) is 4.72 Å². The van der Waals surface area contributed by atoms with Crippen molar-refractivity contribution in [2.45, 2.75) is 10.9 Å². The molecule has 7 heteroatoms. The van der Waals surface area contributed by atoms with E-state index >= 15 is 0 Å². The quantitative estimate of drug-likeness (QED) is 0.748. The van der Waals surface area contributed by atoms with Gasteiger partial charge in [0.2, 0.25) is 10.0 Å². The Kier molecular flexibility index (Phi) is 4.03. The normalized spacial score (nSPS) is 13.2. The summed E-state index contributed by atoms with van der Waals surface area (Å²) in [4.78, 5) is 10.8. The lowest BCUT2D eigenvalue weighted by atomic mass is 10.1. The molecular formula is C13H13NO5S. The Morgan fingerprint density at radius 2 is 1.80 bits per heavy atom. The number of hydrogen-bond donors (Lipinski definition) is 3. The van der Waals surface area contributed by atoms with Crippen molar-refractivity contribution in [2.24, 2.45) is 0 Å². The summed E-state index contributed by atoms with van der Waals surface area (Å²) < 4.78 is 26.4. The van der Waals surface area contributed by atoms with E-state index in [2.05, 4.69) is 0 Å². The van der Waals surface area contributed by atoms with Crippen molar-refractivity contribution in [3.05, 3.63) is 42.5 Å². The van der Waals surface area contributed by atoms with Crippen LogP contribution in [0.15, 0.2) is 47.4 Å². The molecule has 0 amide bonds. The van der Waals surface area contributed by atoms with Gasteiger partial charge in [-0.15, -0.1) is 0 Å². The number of sulfonamides is 1. The van der Waals surface area contributed by atoms with Crippen molar-refractivity contribution in [3.63, 3.8) is 0 Å². The van der Waals surface area contributed by atoms with Crippen LogP contribution >= 0.6 is 0 Å². The van der Waals surface area contributed by atoms with Crippen LogP contribution in [0.1, 0.15) is 0 Å². The third kappa shape index (κ3) is 2.79. The minimum absolute atomic E-state index is 0.0182. The van der Waals surface area contributed by atoms with Crippen LogP contribution in [-0.4, -0.2) is 37.2 Å². The van der Waals surface area contributed by atoms with Gasteiger partial charge in [0.1, 0.15) is 6.04 Å². The molecule has 3 N–H and O–H groups in total. The van der Waals surface area contributed by atoms with Gasteiger partial charge in [0.25, 0.3) is 0 Å². The highest BCUT2D eigenvalue weighted by atomic mass is 32.2. The van der Waals surface area contributed by atoms with E-state index in [1.165, 1.54) is 6.07 Å². The van der Waals surface area contributed by atoms with E-state index in [-0.39, 0.29) is 4.90 Å². The lowest BCUT2D eigenvalue weighted by Gasteiger charge is -2.13. The maximum atomic E-state index is 12.2. The first-order valence-corrected chi connectivity index (χ1v) is 7.28. The number of carboxylic acid groups (broad SMARTS) is 1. The zero-order chi connectivity index (χ0) is 14.8. The number of aliphatic hydroxyl groups is 1. The SMILES string of the molecule is O=C(O)[C@H](CO)NS(=O)(=O)c1cccc2ccccc12. The predicted octanol–water partition coefficient (Wildman–Crippen LogP) is 0.564. The zero-order valence-electron chi connectivity index (χ0n) is 10.4. The second-order valence-electron chi connectivity index (χ2n) is 4.17. The summed E-state index contributed by atoms with van der Waals surface area (Å²) in [6.45, 7) is -0.820. The highest BCUT2D eigenvalue weighted by Gasteiger charge is 2.25. The fourth-order valence-electron chi connectivity index (χ4n) is 1.85. The molecule has 2 aromatic carbocycles. The molecule has 0 spiro atoms. The fourth-order valence-corrected chi connectivity index (χ4v) is 3.26. The molecule has 2 rings (SSSR count). The lowest BCUT2D eigenvalue weighted by molar-refractivity contribution is -0.139. The summed E-state index contributed by atoms with van der Waals surface area (Å²) >= 11 is 0. The number of carboxylic acids is 1. The molecule has 0 aromatic heterocycles. The third-order valence-electron chi connectivity index (χ3n) is 2.82. The second kappa shape index (κ2) is 5.58. The minimum Gasteiger partial charge on any atom is -0.480 e. The summed E-state index contributed by atoms with van der Waals surface area (Å²) in [5.74, 6) is -1.43. The average molecular weight is 295 g/mol. The van der Waals surface area contributed by atoms with Crippen molar-refractivity contribution in [2.75, 3.05) is 6.61 Å². The Balaban J connectivity index is 2.50. The van der Waals surface area contributed by atoms with Crippen molar-refractivity contribution in [3.8, 4) is 0 Å². The average Bonchev–Trinajstić information content (AvgIpc) is 2.43. The molecule has 2 aromatic rings. The number of aliphatic hydroxyl groups excluding tert-OH is 1. The summed E-state index contributed by atoms with van der Waals surface area (Å²) in [5.41, 5.74) is 0. The molecule has 0 radical (unpaired) electrons. The first-order chi connectivity index (χ1) is 9.45. The molecule has 0 saturated heterocycles. The molecule has 0 aliphatic carbocycles. The molecule has 0 unspecified atom stereocenters. The highest BCUT2D eigenvalue weighted by Crippen LogP contribution is 2.22. The van der Waals surface area contributed by atoms with Crippen LogP contribution in [0.25, 0.3) is 10.8 Å². The Morgan fingerprint density at radius 1 is 1.15 bits per heavy atom. The molecule has 0 heterocycles. The van der Waals surface area contributed by atoms with E-state index in [0.717, 1.165) is 5.39 Å². The number of aliphatic carboxylic acids is 1. The number of benzene rings is 2. The molecule has 0 aliphatic heterocycles. The molecule has 0 bridgehead atoms. The Labute approximate surface area is 115 Å². The monoisotopic (exact) mass is 295 g/mol. The van der Waals surface area contributed by atoms with Crippen LogP contribution in [0.3, 0.4) is 0 Å². The summed E-state index contributed by atoms with van der Waals surface area (Å²) in [6, 6.07) is 10.0. The smallest absolute Gasteiger partial charge is 0.324 e. The first-order valence-electron chi connectivity index (χ1n) is 5.79. The van der Waals surface area contributed by atoms with Crippen LogP contribution in [0.4, 0.5) is 0 Å². The van der Waals surface area contributed by atoms with E-state index in [0.29, 0.717) is 5.39 Å². The number of nitrogens with one attached hydrogen (secondary N) is 1. The van der Waals surface area contributed by atoms with Crippen LogP contribution in [0.2, 0.25) is 0 Å². The Bertz CT molecular complexity index is 736. The fraction of sp³-hybridized carbons (Fsp3) is 0.154. The van der Waals surface area contributed by atoms with Crippen molar-refractivity contribution < 1.29 is 23.4 Å². The van der Waals surface area contributed by atoms with E-state index in [9.17, 15) is 13.2 Å². The molecule has 20 heavy (non-hydrogen) atoms. The Hall–Kier alpha value is -1.96. The van der Waals surface area contributed by atoms with Crippen molar-refractivity contribution in [1.82, 2.24) is 4.72 Å². The number of carbonyl (C=O) groups is 1. The van der Waals surface area contributed by atoms with Gasteiger partial charge in [-0.2, -0.15) is 4.72 Å². The van der Waals surface area contributed by atoms with Gasteiger partial charge in [0.05, 0.1) is 11.5 Å². The molecular weight excluding hydrogens is 282 g/mol. The topological polar surface area (TPSA) is 104 Å². The predicted molar refractivity (Wildman–Crippen MR) is 72.8 cm³/mol. The molecule has 106 valence electrons. The molecule has 0 fully saturated rings. The van der Waals surface area contributed by atoms with E-state index < -0.39 is 28.6 Å². The maximum Gasteiger partial charge on any atom is 0.324 e. The van der Waals surface area contributed by atoms with Gasteiger partial charge in [-0.25, -0.2) is 8.42 Å². The summed E-state index contributed by atoms with van der Waals surface area (Å²) in [5, 5.41) is 18.9. The largest absolute Gasteiger partial charge is 0.480 e. The van der Waals surface area contributed by atoms with Gasteiger partial charge in [-0.05, 0) is 11.5 Å². The van der Waals surface area contributed by atoms with Gasteiger partial charge in [-0.1, -0.05) is 36.4 Å². The van der Waals surface area contributed by atoms with Crippen LogP contribution < -0.4 is 4.72 Å². The zero-order valence-corrected chi connectivity index (χ0v) is 11.2. The van der Waals surface area contributed by atoms with Gasteiger partial charge in [0, 0.05) is 5.39 Å². The van der Waals surface area contributed by atoms with Gasteiger partial charge < -0.3 is 10.2 Å². The molecule has 0 aliphatic rings.